The van der Waals surface area contributed by atoms with Gasteiger partial charge in [0.15, 0.2) is 0 Å². The fraction of sp³-hybridized carbons (Fsp3) is 0.179. The molecule has 0 atom stereocenters. The Bertz CT molecular complexity index is 1490. The number of aromatic nitrogens is 2. The molecular formula is C28H26ClFN6O. The number of piperazine rings is 1. The van der Waals surface area contributed by atoms with E-state index < -0.39 is 5.82 Å². The van der Waals surface area contributed by atoms with Gasteiger partial charge in [-0.15, -0.1) is 0 Å². The van der Waals surface area contributed by atoms with Crippen molar-refractivity contribution in [3.8, 4) is 11.1 Å². The first-order valence-electron chi connectivity index (χ1n) is 11.9. The minimum Gasteiger partial charge on any atom is -0.369 e. The number of benzene rings is 3. The summed E-state index contributed by atoms with van der Waals surface area (Å²) in [5.41, 5.74) is 3.58. The number of amides is 1. The lowest BCUT2D eigenvalue weighted by atomic mass is 10.0. The minimum absolute atomic E-state index is 0.296. The van der Waals surface area contributed by atoms with E-state index in [-0.39, 0.29) is 5.91 Å². The fourth-order valence-electron chi connectivity index (χ4n) is 4.34. The first-order chi connectivity index (χ1) is 17.9. The van der Waals surface area contributed by atoms with E-state index in [1.807, 2.05) is 18.2 Å². The summed E-state index contributed by atoms with van der Waals surface area (Å²) in [4.78, 5) is 25.4. The first-order valence-corrected chi connectivity index (χ1v) is 12.3. The molecule has 2 N–H and O–H groups in total. The van der Waals surface area contributed by atoms with E-state index in [0.717, 1.165) is 31.9 Å². The second-order valence-corrected chi connectivity index (χ2v) is 9.31. The van der Waals surface area contributed by atoms with Crippen molar-refractivity contribution < 1.29 is 9.18 Å². The molecule has 4 aromatic rings. The van der Waals surface area contributed by atoms with Gasteiger partial charge in [0.25, 0.3) is 0 Å². The largest absolute Gasteiger partial charge is 0.369 e. The van der Waals surface area contributed by atoms with E-state index in [1.54, 1.807) is 36.5 Å². The second-order valence-electron chi connectivity index (χ2n) is 8.91. The number of hydrogen-bond acceptors (Lipinski definition) is 6. The molecule has 1 fully saturated rings. The molecule has 9 heteroatoms. The van der Waals surface area contributed by atoms with Crippen LogP contribution in [0.2, 0.25) is 5.02 Å². The summed E-state index contributed by atoms with van der Waals surface area (Å²) in [6.45, 7) is 7.36. The quantitative estimate of drug-likeness (QED) is 0.320. The molecule has 0 spiro atoms. The molecule has 37 heavy (non-hydrogen) atoms. The number of hydrogen-bond donors (Lipinski definition) is 2. The van der Waals surface area contributed by atoms with Crippen LogP contribution in [0, 0.1) is 5.82 Å². The molecule has 1 amide bonds. The zero-order valence-electron chi connectivity index (χ0n) is 20.3. The number of carbonyl (C=O) groups excluding carboxylic acids is 1. The number of carbonyl (C=O) groups is 1. The molecule has 1 aliphatic heterocycles. The zero-order valence-corrected chi connectivity index (χ0v) is 21.1. The van der Waals surface area contributed by atoms with Gasteiger partial charge < -0.3 is 20.4 Å². The van der Waals surface area contributed by atoms with Crippen LogP contribution >= 0.6 is 11.6 Å². The van der Waals surface area contributed by atoms with Crippen LogP contribution in [0.3, 0.4) is 0 Å². The summed E-state index contributed by atoms with van der Waals surface area (Å²) in [7, 11) is 2.12. The SMILES string of the molecule is C=CC(=O)Nc1cccc(-c2c(F)ccc3cnc(Nc4ccc(N5CCN(C)CC5)cc4Cl)nc23)c1. The summed E-state index contributed by atoms with van der Waals surface area (Å²) in [6.07, 6.45) is 2.82. The topological polar surface area (TPSA) is 73.4 Å². The number of nitrogens with zero attached hydrogens (tertiary/aromatic N) is 4. The second kappa shape index (κ2) is 10.5. The van der Waals surface area contributed by atoms with Crippen molar-refractivity contribution in [3.05, 3.63) is 84.3 Å². The average molecular weight is 517 g/mol. The molecule has 1 aliphatic rings. The van der Waals surface area contributed by atoms with Gasteiger partial charge in [0.1, 0.15) is 5.82 Å². The third-order valence-corrected chi connectivity index (χ3v) is 6.69. The van der Waals surface area contributed by atoms with Crippen molar-refractivity contribution in [3.63, 3.8) is 0 Å². The van der Waals surface area contributed by atoms with Crippen LogP contribution < -0.4 is 15.5 Å². The molecular weight excluding hydrogens is 491 g/mol. The number of fused-ring (bicyclic) bond motifs is 1. The van der Waals surface area contributed by atoms with Crippen LogP contribution in [-0.4, -0.2) is 54.0 Å². The molecule has 188 valence electrons. The predicted octanol–water partition coefficient (Wildman–Crippen LogP) is 5.71. The zero-order chi connectivity index (χ0) is 25.9. The minimum atomic E-state index is -0.432. The molecule has 1 saturated heterocycles. The third kappa shape index (κ3) is 5.40. The van der Waals surface area contributed by atoms with E-state index in [9.17, 15) is 4.79 Å². The molecule has 2 heterocycles. The number of halogens is 2. The van der Waals surface area contributed by atoms with E-state index in [0.29, 0.717) is 44.4 Å². The Morgan fingerprint density at radius 1 is 1.11 bits per heavy atom. The van der Waals surface area contributed by atoms with Gasteiger partial charge >= 0.3 is 0 Å². The Labute approximate surface area is 219 Å². The maximum atomic E-state index is 15.1. The van der Waals surface area contributed by atoms with Gasteiger partial charge in [0.2, 0.25) is 11.9 Å². The monoisotopic (exact) mass is 516 g/mol. The smallest absolute Gasteiger partial charge is 0.247 e. The highest BCUT2D eigenvalue weighted by Gasteiger charge is 2.17. The van der Waals surface area contributed by atoms with Crippen LogP contribution in [0.1, 0.15) is 0 Å². The van der Waals surface area contributed by atoms with E-state index in [4.69, 9.17) is 11.6 Å². The number of rotatable bonds is 6. The standard InChI is InChI=1S/C28H26ClFN6O/c1-3-25(37)32-20-6-4-5-18(15-20)26-23(30)9-7-19-17-31-28(34-27(19)26)33-24-10-8-21(16-22(24)29)36-13-11-35(2)12-14-36/h3-10,15-17H,1,11-14H2,2H3,(H,32,37)(H,31,33,34). The Morgan fingerprint density at radius 3 is 2.68 bits per heavy atom. The van der Waals surface area contributed by atoms with Gasteiger partial charge in [-0.3, -0.25) is 4.79 Å². The predicted molar refractivity (Wildman–Crippen MR) is 148 cm³/mol. The van der Waals surface area contributed by atoms with Crippen molar-refractivity contribution in [2.75, 3.05) is 48.8 Å². The van der Waals surface area contributed by atoms with Gasteiger partial charge in [-0.25, -0.2) is 14.4 Å². The van der Waals surface area contributed by atoms with Gasteiger partial charge in [0, 0.05) is 54.7 Å². The van der Waals surface area contributed by atoms with Crippen molar-refractivity contribution in [1.29, 1.82) is 0 Å². The lowest BCUT2D eigenvalue weighted by Gasteiger charge is -2.34. The highest BCUT2D eigenvalue weighted by molar-refractivity contribution is 6.33. The van der Waals surface area contributed by atoms with Crippen molar-refractivity contribution in [2.24, 2.45) is 0 Å². The van der Waals surface area contributed by atoms with Crippen LogP contribution in [0.25, 0.3) is 22.0 Å². The molecule has 7 nitrogen and oxygen atoms in total. The van der Waals surface area contributed by atoms with Gasteiger partial charge in [-0.2, -0.15) is 0 Å². The average Bonchev–Trinajstić information content (AvgIpc) is 2.90. The van der Waals surface area contributed by atoms with E-state index in [2.05, 4.69) is 44.0 Å². The fourth-order valence-corrected chi connectivity index (χ4v) is 4.56. The molecule has 0 radical (unpaired) electrons. The van der Waals surface area contributed by atoms with Crippen molar-refractivity contribution >= 4 is 51.4 Å². The lowest BCUT2D eigenvalue weighted by Crippen LogP contribution is -2.44. The molecule has 3 aromatic carbocycles. The highest BCUT2D eigenvalue weighted by Crippen LogP contribution is 2.34. The summed E-state index contributed by atoms with van der Waals surface area (Å²) < 4.78 is 15.1. The molecule has 0 bridgehead atoms. The molecule has 1 aromatic heterocycles. The Kier molecular flexibility index (Phi) is 7.03. The normalized spacial score (nSPS) is 14.0. The lowest BCUT2D eigenvalue weighted by molar-refractivity contribution is -0.111. The molecule has 0 aliphatic carbocycles. The van der Waals surface area contributed by atoms with E-state index >= 15 is 4.39 Å². The molecule has 5 rings (SSSR count). The van der Waals surface area contributed by atoms with Crippen molar-refractivity contribution in [2.45, 2.75) is 0 Å². The maximum absolute atomic E-state index is 15.1. The van der Waals surface area contributed by atoms with Crippen LogP contribution in [0.4, 0.5) is 27.4 Å². The third-order valence-electron chi connectivity index (χ3n) is 6.37. The van der Waals surface area contributed by atoms with Crippen LogP contribution in [0.5, 0.6) is 0 Å². The Hall–Kier alpha value is -4.01. The maximum Gasteiger partial charge on any atom is 0.247 e. The van der Waals surface area contributed by atoms with Crippen LogP contribution in [0.15, 0.2) is 73.4 Å². The van der Waals surface area contributed by atoms with Crippen molar-refractivity contribution in [1.82, 2.24) is 14.9 Å². The van der Waals surface area contributed by atoms with Gasteiger partial charge in [0.05, 0.1) is 16.2 Å². The number of likely N-dealkylation sites (N-methyl/N-ethyl adjacent to an activating group) is 1. The van der Waals surface area contributed by atoms with Gasteiger partial charge in [-0.1, -0.05) is 30.3 Å². The summed E-state index contributed by atoms with van der Waals surface area (Å²) in [5, 5.41) is 7.10. The summed E-state index contributed by atoms with van der Waals surface area (Å²) in [6, 6.07) is 15.8. The van der Waals surface area contributed by atoms with Gasteiger partial charge in [-0.05, 0) is 61.2 Å². The Morgan fingerprint density at radius 2 is 1.92 bits per heavy atom. The Balaban J connectivity index is 1.46. The molecule has 0 unspecified atom stereocenters. The highest BCUT2D eigenvalue weighted by atomic mass is 35.5. The van der Waals surface area contributed by atoms with Crippen LogP contribution in [-0.2, 0) is 4.79 Å². The molecule has 0 saturated carbocycles. The summed E-state index contributed by atoms with van der Waals surface area (Å²) >= 11 is 6.61. The summed E-state index contributed by atoms with van der Waals surface area (Å²) in [5.74, 6) is -0.483. The van der Waals surface area contributed by atoms with E-state index in [1.165, 1.54) is 12.1 Å². The first kappa shape index (κ1) is 24.7. The number of nitrogens with one attached hydrogen (secondary N) is 2. The number of anilines is 4.